The highest BCUT2D eigenvalue weighted by atomic mass is 16.2. The molecule has 1 heterocycles. The Morgan fingerprint density at radius 3 is 2.56 bits per heavy atom. The predicted molar refractivity (Wildman–Crippen MR) is 65.3 cm³/mol. The molecule has 1 aromatic rings. The number of hydrogen-bond acceptors (Lipinski definition) is 1. The normalized spacial score (nSPS) is 18.1. The molecule has 16 heavy (non-hydrogen) atoms. The lowest BCUT2D eigenvalue weighted by Crippen LogP contribution is -2.58. The van der Waals surface area contributed by atoms with Crippen LogP contribution in [0.5, 0.6) is 0 Å². The van der Waals surface area contributed by atoms with Gasteiger partial charge >= 0.3 is 0 Å². The lowest BCUT2D eigenvalue weighted by Gasteiger charge is -2.48. The molecule has 1 saturated heterocycles. The van der Waals surface area contributed by atoms with Crippen molar-refractivity contribution < 1.29 is 4.79 Å². The summed E-state index contributed by atoms with van der Waals surface area (Å²) < 4.78 is 0. The molecule has 86 valence electrons. The zero-order valence-corrected chi connectivity index (χ0v) is 10.3. The first-order valence-electron chi connectivity index (χ1n) is 5.86. The molecular formula is C14H19NO. The molecule has 0 radical (unpaired) electrons. The Morgan fingerprint density at radius 1 is 1.38 bits per heavy atom. The van der Waals surface area contributed by atoms with Crippen molar-refractivity contribution >= 4 is 5.91 Å². The lowest BCUT2D eigenvalue weighted by atomic mass is 9.88. The van der Waals surface area contributed by atoms with Gasteiger partial charge in [0, 0.05) is 12.1 Å². The van der Waals surface area contributed by atoms with Crippen LogP contribution in [0.4, 0.5) is 0 Å². The fourth-order valence-corrected chi connectivity index (χ4v) is 2.20. The topological polar surface area (TPSA) is 20.3 Å². The Bertz CT molecular complexity index is 409. The zero-order valence-electron chi connectivity index (χ0n) is 10.3. The average molecular weight is 217 g/mol. The van der Waals surface area contributed by atoms with Crippen molar-refractivity contribution in [3.8, 4) is 0 Å². The molecule has 1 amide bonds. The first-order chi connectivity index (χ1) is 7.50. The number of hydrogen-bond donors (Lipinski definition) is 0. The van der Waals surface area contributed by atoms with Crippen LogP contribution in [0.2, 0.25) is 0 Å². The van der Waals surface area contributed by atoms with E-state index in [1.807, 2.05) is 23.1 Å². The van der Waals surface area contributed by atoms with Gasteiger partial charge in [-0.2, -0.15) is 0 Å². The van der Waals surface area contributed by atoms with Crippen LogP contribution >= 0.6 is 0 Å². The Balaban J connectivity index is 2.06. The van der Waals surface area contributed by atoms with Crippen molar-refractivity contribution in [3.05, 3.63) is 35.4 Å². The summed E-state index contributed by atoms with van der Waals surface area (Å²) in [7, 11) is 0. The van der Waals surface area contributed by atoms with Crippen LogP contribution in [0.25, 0.3) is 0 Å². The minimum atomic E-state index is 0.0692. The zero-order chi connectivity index (χ0) is 11.8. The Morgan fingerprint density at radius 2 is 2.06 bits per heavy atom. The van der Waals surface area contributed by atoms with Crippen LogP contribution in [0.1, 0.15) is 31.4 Å². The van der Waals surface area contributed by atoms with Gasteiger partial charge in [-0.3, -0.25) is 4.79 Å². The second-order valence-corrected chi connectivity index (χ2v) is 5.21. The van der Waals surface area contributed by atoms with E-state index >= 15 is 0 Å². The van der Waals surface area contributed by atoms with Crippen molar-refractivity contribution in [1.29, 1.82) is 0 Å². The number of carbonyl (C=O) groups excluding carboxylic acids is 1. The largest absolute Gasteiger partial charge is 0.337 e. The van der Waals surface area contributed by atoms with E-state index in [9.17, 15) is 4.79 Å². The molecule has 2 nitrogen and oxygen atoms in total. The number of nitrogens with zero attached hydrogens (tertiary/aromatic N) is 1. The maximum absolute atomic E-state index is 12.1. The van der Waals surface area contributed by atoms with E-state index < -0.39 is 0 Å². The fourth-order valence-electron chi connectivity index (χ4n) is 2.20. The molecule has 0 aliphatic carbocycles. The number of amides is 1. The van der Waals surface area contributed by atoms with E-state index in [0.717, 1.165) is 18.5 Å². The highest BCUT2D eigenvalue weighted by Gasteiger charge is 2.38. The van der Waals surface area contributed by atoms with Gasteiger partial charge < -0.3 is 4.90 Å². The van der Waals surface area contributed by atoms with Crippen LogP contribution in [-0.4, -0.2) is 22.9 Å². The van der Waals surface area contributed by atoms with Crippen molar-refractivity contribution in [2.45, 2.75) is 39.2 Å². The molecule has 0 aromatic heterocycles. The van der Waals surface area contributed by atoms with Gasteiger partial charge in [-0.15, -0.1) is 0 Å². The van der Waals surface area contributed by atoms with E-state index in [1.165, 1.54) is 5.56 Å². The van der Waals surface area contributed by atoms with Crippen molar-refractivity contribution in [1.82, 2.24) is 4.90 Å². The third-order valence-corrected chi connectivity index (χ3v) is 3.58. The molecule has 1 aliphatic heterocycles. The van der Waals surface area contributed by atoms with E-state index in [1.54, 1.807) is 0 Å². The van der Waals surface area contributed by atoms with Gasteiger partial charge in [0.05, 0.1) is 6.42 Å². The highest BCUT2D eigenvalue weighted by Crippen LogP contribution is 2.30. The summed E-state index contributed by atoms with van der Waals surface area (Å²) >= 11 is 0. The van der Waals surface area contributed by atoms with Gasteiger partial charge in [0.1, 0.15) is 0 Å². The third kappa shape index (κ3) is 1.97. The summed E-state index contributed by atoms with van der Waals surface area (Å²) in [6.07, 6.45) is 1.66. The van der Waals surface area contributed by atoms with Crippen LogP contribution in [0.3, 0.4) is 0 Å². The third-order valence-electron chi connectivity index (χ3n) is 3.58. The summed E-state index contributed by atoms with van der Waals surface area (Å²) in [6.45, 7) is 7.24. The van der Waals surface area contributed by atoms with E-state index in [0.29, 0.717) is 6.42 Å². The molecule has 0 saturated carbocycles. The number of rotatable bonds is 2. The molecule has 0 bridgehead atoms. The number of aryl methyl sites for hydroxylation is 1. The molecule has 0 unspecified atom stereocenters. The molecule has 0 N–H and O–H groups in total. The highest BCUT2D eigenvalue weighted by molar-refractivity contribution is 5.80. The fraction of sp³-hybridized carbons (Fsp3) is 0.500. The van der Waals surface area contributed by atoms with E-state index in [4.69, 9.17) is 0 Å². The second kappa shape index (κ2) is 3.93. The summed E-state index contributed by atoms with van der Waals surface area (Å²) in [5.41, 5.74) is 2.42. The van der Waals surface area contributed by atoms with Crippen molar-refractivity contribution in [3.63, 3.8) is 0 Å². The molecule has 1 aromatic carbocycles. The maximum Gasteiger partial charge on any atom is 0.227 e. The van der Waals surface area contributed by atoms with Crippen LogP contribution in [0, 0.1) is 6.92 Å². The quantitative estimate of drug-likeness (QED) is 0.745. The van der Waals surface area contributed by atoms with Gasteiger partial charge in [-0.25, -0.2) is 0 Å². The van der Waals surface area contributed by atoms with Gasteiger partial charge in [-0.1, -0.05) is 24.3 Å². The monoisotopic (exact) mass is 217 g/mol. The first kappa shape index (κ1) is 11.2. The van der Waals surface area contributed by atoms with Crippen LogP contribution < -0.4 is 0 Å². The molecule has 2 heteroatoms. The van der Waals surface area contributed by atoms with Crippen molar-refractivity contribution in [2.24, 2.45) is 0 Å². The minimum Gasteiger partial charge on any atom is -0.337 e. The smallest absolute Gasteiger partial charge is 0.227 e. The maximum atomic E-state index is 12.1. The predicted octanol–water partition coefficient (Wildman–Crippen LogP) is 2.55. The van der Waals surface area contributed by atoms with Gasteiger partial charge in [0.15, 0.2) is 0 Å². The number of likely N-dealkylation sites (tertiary alicyclic amines) is 1. The van der Waals surface area contributed by atoms with Gasteiger partial charge in [-0.05, 0) is 38.3 Å². The Hall–Kier alpha value is -1.31. The first-order valence-corrected chi connectivity index (χ1v) is 5.86. The Kier molecular flexibility index (Phi) is 2.75. The number of benzene rings is 1. The van der Waals surface area contributed by atoms with Gasteiger partial charge in [0.2, 0.25) is 5.91 Å². The molecular weight excluding hydrogens is 198 g/mol. The molecule has 1 aliphatic rings. The SMILES string of the molecule is Cc1ccccc1CC(=O)N1CCC1(C)C. The molecule has 2 rings (SSSR count). The molecule has 1 fully saturated rings. The van der Waals surface area contributed by atoms with Crippen LogP contribution in [-0.2, 0) is 11.2 Å². The Labute approximate surface area is 97.3 Å². The van der Waals surface area contributed by atoms with Crippen molar-refractivity contribution in [2.75, 3.05) is 6.54 Å². The average Bonchev–Trinajstić information content (AvgIpc) is 2.20. The molecule has 0 atom stereocenters. The lowest BCUT2D eigenvalue weighted by molar-refractivity contribution is -0.143. The van der Waals surface area contributed by atoms with E-state index in [2.05, 4.69) is 26.8 Å². The van der Waals surface area contributed by atoms with E-state index in [-0.39, 0.29) is 11.4 Å². The van der Waals surface area contributed by atoms with Crippen LogP contribution in [0.15, 0.2) is 24.3 Å². The minimum absolute atomic E-state index is 0.0692. The standard InChI is InChI=1S/C14H19NO/c1-11-6-4-5-7-12(11)10-13(16)15-9-8-14(15,2)3/h4-7H,8-10H2,1-3H3. The summed E-state index contributed by atoms with van der Waals surface area (Å²) in [6, 6.07) is 8.11. The second-order valence-electron chi connectivity index (χ2n) is 5.21. The summed E-state index contributed by atoms with van der Waals surface area (Å²) in [5, 5.41) is 0. The summed E-state index contributed by atoms with van der Waals surface area (Å²) in [4.78, 5) is 14.1. The molecule has 0 spiro atoms. The van der Waals surface area contributed by atoms with Gasteiger partial charge in [0.25, 0.3) is 0 Å². The number of carbonyl (C=O) groups is 1. The summed E-state index contributed by atoms with van der Waals surface area (Å²) in [5.74, 6) is 0.255.